The number of carbonyl (C=O) groups excluding carboxylic acids is 2. The molecule has 3 rings (SSSR count). The molecule has 0 aromatic heterocycles. The molecule has 0 heterocycles. The number of carboxylic acid groups (broad SMARTS) is 1. The number of ether oxygens (including phenoxy) is 1. The maximum atomic E-state index is 13.0. The first kappa shape index (κ1) is 25.3. The lowest BCUT2D eigenvalue weighted by molar-refractivity contribution is -0.143. The molecule has 0 aliphatic heterocycles. The Morgan fingerprint density at radius 3 is 2.06 bits per heavy atom. The van der Waals surface area contributed by atoms with Crippen molar-refractivity contribution >= 4 is 18.0 Å². The van der Waals surface area contributed by atoms with Gasteiger partial charge in [-0.2, -0.15) is 0 Å². The highest BCUT2D eigenvalue weighted by atomic mass is 16.5. The molecule has 0 fully saturated rings. The maximum Gasteiger partial charge on any atom is 0.407 e. The lowest BCUT2D eigenvalue weighted by Gasteiger charge is -2.26. The van der Waals surface area contributed by atoms with Gasteiger partial charge in [0.25, 0.3) is 0 Å². The van der Waals surface area contributed by atoms with Gasteiger partial charge < -0.3 is 20.1 Å². The summed E-state index contributed by atoms with van der Waals surface area (Å²) in [6.07, 6.45) is 0.540. The molecule has 0 bridgehead atoms. The molecule has 7 heteroatoms. The lowest BCUT2D eigenvalue weighted by atomic mass is 9.98. The number of alkyl carbamates (subject to hydrolysis) is 1. The Bertz CT molecular complexity index is 990. The Morgan fingerprint density at radius 1 is 0.971 bits per heavy atom. The Hall–Kier alpha value is -3.35. The maximum absolute atomic E-state index is 13.0. The van der Waals surface area contributed by atoms with E-state index >= 15 is 0 Å². The fourth-order valence-corrected chi connectivity index (χ4v) is 4.38. The summed E-state index contributed by atoms with van der Waals surface area (Å²) in [5, 5.41) is 11.9. The normalized spacial score (nSPS) is 14.1. The number of carbonyl (C=O) groups is 3. The molecule has 1 aliphatic rings. The number of likely N-dealkylation sites (N-methyl/N-ethyl adjacent to an activating group) is 1. The predicted octanol–water partition coefficient (Wildman–Crippen LogP) is 4.51. The van der Waals surface area contributed by atoms with E-state index in [1.807, 2.05) is 38.1 Å². The van der Waals surface area contributed by atoms with Gasteiger partial charge in [0.2, 0.25) is 5.91 Å². The molecule has 2 atom stereocenters. The Kier molecular flexibility index (Phi) is 8.31. The molecule has 0 saturated heterocycles. The minimum absolute atomic E-state index is 0.0675. The van der Waals surface area contributed by atoms with Crippen molar-refractivity contribution < 1.29 is 24.2 Å². The first-order valence-electron chi connectivity index (χ1n) is 11.8. The largest absolute Gasteiger partial charge is 0.481 e. The van der Waals surface area contributed by atoms with Crippen LogP contribution in [-0.4, -0.2) is 54.2 Å². The van der Waals surface area contributed by atoms with Crippen molar-refractivity contribution in [2.24, 2.45) is 11.8 Å². The van der Waals surface area contributed by atoms with Crippen molar-refractivity contribution in [3.05, 3.63) is 59.7 Å². The summed E-state index contributed by atoms with van der Waals surface area (Å²) >= 11 is 0. The number of benzene rings is 2. The van der Waals surface area contributed by atoms with E-state index in [2.05, 4.69) is 29.6 Å². The Morgan fingerprint density at radius 2 is 1.53 bits per heavy atom. The molecule has 0 saturated carbocycles. The smallest absolute Gasteiger partial charge is 0.407 e. The van der Waals surface area contributed by atoms with E-state index in [1.165, 1.54) is 4.90 Å². The van der Waals surface area contributed by atoms with E-state index in [1.54, 1.807) is 14.0 Å². The van der Waals surface area contributed by atoms with Crippen LogP contribution in [0.3, 0.4) is 0 Å². The van der Waals surface area contributed by atoms with Crippen molar-refractivity contribution in [1.29, 1.82) is 0 Å². The van der Waals surface area contributed by atoms with E-state index in [4.69, 9.17) is 9.84 Å². The van der Waals surface area contributed by atoms with E-state index in [0.29, 0.717) is 12.3 Å². The minimum Gasteiger partial charge on any atom is -0.481 e. The SMILES string of the molecule is CC(C)CCC(NC(=O)OCC1c2ccccc2-c2ccccc21)C(=O)N(C)CC(C)C(=O)O. The number of rotatable bonds is 10. The van der Waals surface area contributed by atoms with Crippen LogP contribution in [0, 0.1) is 11.8 Å². The second kappa shape index (κ2) is 11.2. The molecule has 1 aliphatic carbocycles. The van der Waals surface area contributed by atoms with Crippen molar-refractivity contribution in [2.45, 2.75) is 45.6 Å². The van der Waals surface area contributed by atoms with Crippen LogP contribution in [0.2, 0.25) is 0 Å². The van der Waals surface area contributed by atoms with Gasteiger partial charge in [-0.1, -0.05) is 69.3 Å². The summed E-state index contributed by atoms with van der Waals surface area (Å²) < 4.78 is 5.61. The third-order valence-electron chi connectivity index (χ3n) is 6.31. The summed E-state index contributed by atoms with van der Waals surface area (Å²) in [6.45, 7) is 5.87. The number of nitrogens with zero attached hydrogens (tertiary/aromatic N) is 1. The molecule has 182 valence electrons. The van der Waals surface area contributed by atoms with Crippen LogP contribution in [0.1, 0.15) is 50.7 Å². The number of hydrogen-bond donors (Lipinski definition) is 2. The highest BCUT2D eigenvalue weighted by molar-refractivity contribution is 5.86. The molecule has 0 radical (unpaired) electrons. The highest BCUT2D eigenvalue weighted by Gasteiger charge is 2.30. The fraction of sp³-hybridized carbons (Fsp3) is 0.444. The van der Waals surface area contributed by atoms with Crippen LogP contribution in [0.4, 0.5) is 4.79 Å². The summed E-state index contributed by atoms with van der Waals surface area (Å²) in [4.78, 5) is 38.3. The summed E-state index contributed by atoms with van der Waals surface area (Å²) in [5.41, 5.74) is 4.52. The first-order chi connectivity index (χ1) is 16.2. The minimum atomic E-state index is -0.970. The Labute approximate surface area is 201 Å². The number of nitrogens with one attached hydrogen (secondary N) is 1. The topological polar surface area (TPSA) is 95.9 Å². The molecule has 2 N–H and O–H groups in total. The summed E-state index contributed by atoms with van der Waals surface area (Å²) in [5.74, 6) is -1.70. The molecular formula is C27H34N2O5. The zero-order valence-electron chi connectivity index (χ0n) is 20.3. The molecule has 2 aromatic carbocycles. The number of aliphatic carboxylic acids is 1. The Balaban J connectivity index is 1.66. The van der Waals surface area contributed by atoms with Gasteiger partial charge in [0, 0.05) is 19.5 Å². The van der Waals surface area contributed by atoms with Crippen LogP contribution >= 0.6 is 0 Å². The monoisotopic (exact) mass is 466 g/mol. The average molecular weight is 467 g/mol. The van der Waals surface area contributed by atoms with Crippen LogP contribution < -0.4 is 5.32 Å². The van der Waals surface area contributed by atoms with Gasteiger partial charge in [0.05, 0.1) is 5.92 Å². The van der Waals surface area contributed by atoms with E-state index in [-0.39, 0.29) is 25.0 Å². The number of fused-ring (bicyclic) bond motifs is 3. The summed E-state index contributed by atoms with van der Waals surface area (Å²) in [7, 11) is 1.56. The van der Waals surface area contributed by atoms with Crippen LogP contribution in [0.25, 0.3) is 11.1 Å². The average Bonchev–Trinajstić information content (AvgIpc) is 3.13. The highest BCUT2D eigenvalue weighted by Crippen LogP contribution is 2.44. The standard InChI is InChI=1S/C27H34N2O5/c1-17(2)13-14-24(25(30)29(4)15-18(3)26(31)32)28-27(33)34-16-23-21-11-7-5-9-19(21)20-10-6-8-12-22(20)23/h5-12,17-18,23-24H,13-16H2,1-4H3,(H,28,33)(H,31,32). The lowest BCUT2D eigenvalue weighted by Crippen LogP contribution is -2.49. The molecular weight excluding hydrogens is 432 g/mol. The first-order valence-corrected chi connectivity index (χ1v) is 11.8. The van der Waals surface area contributed by atoms with Gasteiger partial charge >= 0.3 is 12.1 Å². The predicted molar refractivity (Wildman–Crippen MR) is 131 cm³/mol. The summed E-state index contributed by atoms with van der Waals surface area (Å²) in [6, 6.07) is 15.4. The van der Waals surface area contributed by atoms with Gasteiger partial charge in [-0.15, -0.1) is 0 Å². The van der Waals surface area contributed by atoms with Gasteiger partial charge in [0.1, 0.15) is 12.6 Å². The molecule has 2 unspecified atom stereocenters. The van der Waals surface area contributed by atoms with Crippen LogP contribution in [-0.2, 0) is 14.3 Å². The molecule has 34 heavy (non-hydrogen) atoms. The van der Waals surface area contributed by atoms with Gasteiger partial charge in [-0.25, -0.2) is 4.79 Å². The van der Waals surface area contributed by atoms with Crippen molar-refractivity contribution in [2.75, 3.05) is 20.2 Å². The zero-order valence-corrected chi connectivity index (χ0v) is 20.3. The van der Waals surface area contributed by atoms with Crippen molar-refractivity contribution in [3.63, 3.8) is 0 Å². The molecule has 2 amide bonds. The number of amides is 2. The van der Waals surface area contributed by atoms with E-state index in [9.17, 15) is 14.4 Å². The fourth-order valence-electron chi connectivity index (χ4n) is 4.38. The second-order valence-electron chi connectivity index (χ2n) is 9.45. The van der Waals surface area contributed by atoms with Gasteiger partial charge in [-0.05, 0) is 41.0 Å². The van der Waals surface area contributed by atoms with Crippen LogP contribution in [0.5, 0.6) is 0 Å². The van der Waals surface area contributed by atoms with E-state index < -0.39 is 24.0 Å². The van der Waals surface area contributed by atoms with Crippen LogP contribution in [0.15, 0.2) is 48.5 Å². The zero-order chi connectivity index (χ0) is 24.8. The van der Waals surface area contributed by atoms with Gasteiger partial charge in [-0.3, -0.25) is 9.59 Å². The third-order valence-corrected chi connectivity index (χ3v) is 6.31. The quantitative estimate of drug-likeness (QED) is 0.537. The van der Waals surface area contributed by atoms with E-state index in [0.717, 1.165) is 28.7 Å². The number of carboxylic acids is 1. The second-order valence-corrected chi connectivity index (χ2v) is 9.45. The van der Waals surface area contributed by atoms with Crippen molar-refractivity contribution in [1.82, 2.24) is 10.2 Å². The molecule has 0 spiro atoms. The van der Waals surface area contributed by atoms with Gasteiger partial charge in [0.15, 0.2) is 0 Å². The molecule has 2 aromatic rings. The third kappa shape index (κ3) is 5.95. The number of hydrogen-bond acceptors (Lipinski definition) is 4. The molecule has 7 nitrogen and oxygen atoms in total. The van der Waals surface area contributed by atoms with Crippen molar-refractivity contribution in [3.8, 4) is 11.1 Å².